The molecule has 8 nitrogen and oxygen atoms in total. The summed E-state index contributed by atoms with van der Waals surface area (Å²) in [6, 6.07) is 16.9. The topological polar surface area (TPSA) is 115 Å². The van der Waals surface area contributed by atoms with Crippen LogP contribution in [0.3, 0.4) is 0 Å². The molecule has 0 saturated heterocycles. The van der Waals surface area contributed by atoms with Crippen molar-refractivity contribution in [3.63, 3.8) is 0 Å². The van der Waals surface area contributed by atoms with Gasteiger partial charge in [-0.15, -0.1) is 0 Å². The lowest BCUT2D eigenvalue weighted by Gasteiger charge is -2.26. The van der Waals surface area contributed by atoms with Gasteiger partial charge in [0, 0.05) is 29.0 Å². The number of pyridine rings is 1. The number of carbonyl (C=O) groups excluding carboxylic acids is 2. The quantitative estimate of drug-likeness (QED) is 0.362. The van der Waals surface area contributed by atoms with Crippen LogP contribution in [0.4, 0.5) is 15.8 Å². The summed E-state index contributed by atoms with van der Waals surface area (Å²) in [4.78, 5) is 31.1. The lowest BCUT2D eigenvalue weighted by atomic mass is 10.0. The second-order valence-corrected chi connectivity index (χ2v) is 8.51. The zero-order chi connectivity index (χ0) is 25.4. The van der Waals surface area contributed by atoms with Gasteiger partial charge in [0.05, 0.1) is 12.6 Å². The monoisotopic (exact) mass is 487 g/mol. The molecule has 0 unspecified atom stereocenters. The summed E-state index contributed by atoms with van der Waals surface area (Å²) in [7, 11) is 1.45. The van der Waals surface area contributed by atoms with Gasteiger partial charge in [0.1, 0.15) is 22.7 Å². The number of ether oxygens (including phenoxy) is 2. The molecule has 0 spiro atoms. The number of anilines is 2. The Bertz CT molecular complexity index is 1470. The number of aromatic nitrogens is 1. The van der Waals surface area contributed by atoms with Crippen LogP contribution in [-0.2, 0) is 9.59 Å². The fraction of sp³-hybridized carbons (Fsp3) is 0.148. The molecule has 36 heavy (non-hydrogen) atoms. The summed E-state index contributed by atoms with van der Waals surface area (Å²) in [6.45, 7) is 0. The zero-order valence-electron chi connectivity index (χ0n) is 19.3. The molecule has 3 N–H and O–H groups in total. The van der Waals surface area contributed by atoms with Crippen molar-refractivity contribution in [3.05, 3.63) is 78.7 Å². The predicted molar refractivity (Wildman–Crippen MR) is 131 cm³/mol. The first-order valence-corrected chi connectivity index (χ1v) is 11.2. The summed E-state index contributed by atoms with van der Waals surface area (Å²) in [5.41, 5.74) is 5.69. The number of nitrogens with zero attached hydrogens (tertiary/aromatic N) is 2. The maximum Gasteiger partial charge on any atom is 0.247 e. The molecule has 182 valence electrons. The minimum atomic E-state index is -1.26. The Morgan fingerprint density at radius 1 is 1.00 bits per heavy atom. The number of amides is 2. The third-order valence-corrected chi connectivity index (χ3v) is 6.24. The highest BCUT2D eigenvalue weighted by Gasteiger charge is 2.57. The van der Waals surface area contributed by atoms with Crippen LogP contribution in [0.1, 0.15) is 12.8 Å². The first kappa shape index (κ1) is 23.1. The number of primary amides is 1. The van der Waals surface area contributed by atoms with E-state index in [9.17, 15) is 19.1 Å². The molecule has 1 aromatic heterocycles. The van der Waals surface area contributed by atoms with Crippen molar-refractivity contribution >= 4 is 34.1 Å². The number of aromatic hydroxyl groups is 1. The summed E-state index contributed by atoms with van der Waals surface area (Å²) in [6.07, 6.45) is 2.30. The molecule has 0 bridgehead atoms. The first-order valence-electron chi connectivity index (χ1n) is 11.2. The Kier molecular flexibility index (Phi) is 5.68. The Morgan fingerprint density at radius 2 is 1.64 bits per heavy atom. The Hall–Kier alpha value is -4.66. The second kappa shape index (κ2) is 8.84. The summed E-state index contributed by atoms with van der Waals surface area (Å²) in [5.74, 6) is -0.362. The number of nitrogens with two attached hydrogens (primary N) is 1. The maximum atomic E-state index is 13.5. The third kappa shape index (κ3) is 4.04. The molecule has 3 aromatic carbocycles. The average Bonchev–Trinajstić information content (AvgIpc) is 3.69. The number of carbonyl (C=O) groups is 2. The van der Waals surface area contributed by atoms with Crippen molar-refractivity contribution in [2.24, 2.45) is 11.1 Å². The van der Waals surface area contributed by atoms with Gasteiger partial charge in [0.2, 0.25) is 11.8 Å². The number of benzene rings is 3. The zero-order valence-corrected chi connectivity index (χ0v) is 19.3. The lowest BCUT2D eigenvalue weighted by Crippen LogP contribution is -2.41. The molecule has 5 rings (SSSR count). The third-order valence-electron chi connectivity index (χ3n) is 6.24. The molecular weight excluding hydrogens is 465 g/mol. The number of phenolic OH excluding ortho intramolecular Hbond substituents is 1. The van der Waals surface area contributed by atoms with Crippen molar-refractivity contribution < 1.29 is 28.6 Å². The Morgan fingerprint density at radius 3 is 2.22 bits per heavy atom. The van der Waals surface area contributed by atoms with Crippen LogP contribution in [0.5, 0.6) is 23.0 Å². The summed E-state index contributed by atoms with van der Waals surface area (Å²) < 4.78 is 24.8. The van der Waals surface area contributed by atoms with Crippen LogP contribution in [-0.4, -0.2) is 29.0 Å². The molecule has 0 radical (unpaired) electrons. The van der Waals surface area contributed by atoms with Crippen molar-refractivity contribution in [1.29, 1.82) is 0 Å². The molecule has 9 heteroatoms. The van der Waals surface area contributed by atoms with E-state index in [1.165, 1.54) is 42.3 Å². The largest absolute Gasteiger partial charge is 0.504 e. The lowest BCUT2D eigenvalue weighted by molar-refractivity contribution is -0.133. The minimum Gasteiger partial charge on any atom is -0.504 e. The van der Waals surface area contributed by atoms with Crippen LogP contribution in [0.15, 0.2) is 72.9 Å². The van der Waals surface area contributed by atoms with E-state index < -0.39 is 23.0 Å². The average molecular weight is 487 g/mol. The molecule has 1 fully saturated rings. The van der Waals surface area contributed by atoms with Crippen molar-refractivity contribution in [1.82, 2.24) is 4.98 Å². The van der Waals surface area contributed by atoms with Gasteiger partial charge in [-0.3, -0.25) is 19.5 Å². The number of hydrogen-bond acceptors (Lipinski definition) is 6. The summed E-state index contributed by atoms with van der Waals surface area (Å²) >= 11 is 0. The fourth-order valence-corrected chi connectivity index (χ4v) is 4.06. The Balaban J connectivity index is 1.48. The number of rotatable bonds is 7. The van der Waals surface area contributed by atoms with Crippen LogP contribution >= 0.6 is 0 Å². The smallest absolute Gasteiger partial charge is 0.247 e. The molecule has 1 aliphatic rings. The Labute approximate surface area is 205 Å². The van der Waals surface area contributed by atoms with Crippen molar-refractivity contribution in [2.45, 2.75) is 12.8 Å². The molecule has 0 atom stereocenters. The van der Waals surface area contributed by atoms with Gasteiger partial charge < -0.3 is 20.3 Å². The summed E-state index contributed by atoms with van der Waals surface area (Å²) in [5, 5.41) is 10.7. The number of fused-ring (bicyclic) bond motifs is 1. The maximum absolute atomic E-state index is 13.5. The van der Waals surface area contributed by atoms with E-state index >= 15 is 0 Å². The van der Waals surface area contributed by atoms with Gasteiger partial charge >= 0.3 is 0 Å². The van der Waals surface area contributed by atoms with E-state index in [4.69, 9.17) is 15.2 Å². The first-order chi connectivity index (χ1) is 17.3. The number of methoxy groups -OCH3 is 1. The molecule has 1 aliphatic carbocycles. The van der Waals surface area contributed by atoms with Gasteiger partial charge in [-0.2, -0.15) is 0 Å². The van der Waals surface area contributed by atoms with E-state index in [2.05, 4.69) is 4.98 Å². The predicted octanol–water partition coefficient (Wildman–Crippen LogP) is 4.81. The molecule has 1 heterocycles. The van der Waals surface area contributed by atoms with Crippen molar-refractivity contribution in [2.75, 3.05) is 12.0 Å². The normalized spacial score (nSPS) is 13.7. The number of hydrogen-bond donors (Lipinski definition) is 2. The highest BCUT2D eigenvalue weighted by molar-refractivity contribution is 6.16. The number of phenols is 1. The van der Waals surface area contributed by atoms with Gasteiger partial charge in [-0.25, -0.2) is 4.39 Å². The van der Waals surface area contributed by atoms with E-state index in [1.54, 1.807) is 42.6 Å². The van der Waals surface area contributed by atoms with E-state index in [0.717, 1.165) is 0 Å². The molecule has 2 amide bonds. The molecule has 0 aliphatic heterocycles. The van der Waals surface area contributed by atoms with E-state index in [0.29, 0.717) is 46.6 Å². The second-order valence-electron chi connectivity index (χ2n) is 8.51. The molecule has 1 saturated carbocycles. The standard InChI is InChI=1S/C27H22FN3O5/c1-35-24-14-20-21(15-22(24)32)30-13-10-23(20)36-19-8-6-18(7-9-19)31(17-4-2-16(28)3-5-17)26(34)27(11-12-27)25(29)33/h2-10,13-15,32H,11-12H2,1H3,(H2,29,33). The van der Waals surface area contributed by atoms with Gasteiger partial charge in [-0.05, 0) is 73.5 Å². The van der Waals surface area contributed by atoms with E-state index in [-0.39, 0.29) is 11.5 Å². The molecule has 4 aromatic rings. The SMILES string of the molecule is COc1cc2c(Oc3ccc(N(C(=O)C4(C(N)=O)CC4)c4ccc(F)cc4)cc3)ccnc2cc1O. The fourth-order valence-electron chi connectivity index (χ4n) is 4.06. The highest BCUT2D eigenvalue weighted by atomic mass is 19.1. The molecular formula is C27H22FN3O5. The number of halogens is 1. The van der Waals surface area contributed by atoms with Crippen LogP contribution < -0.4 is 20.1 Å². The highest BCUT2D eigenvalue weighted by Crippen LogP contribution is 2.49. The minimum absolute atomic E-state index is 0.0334. The van der Waals surface area contributed by atoms with Crippen LogP contribution in [0.25, 0.3) is 10.9 Å². The van der Waals surface area contributed by atoms with Gasteiger partial charge in [-0.1, -0.05) is 0 Å². The van der Waals surface area contributed by atoms with Gasteiger partial charge in [0.25, 0.3) is 0 Å². The van der Waals surface area contributed by atoms with Crippen molar-refractivity contribution in [3.8, 4) is 23.0 Å². The van der Waals surface area contributed by atoms with Gasteiger partial charge in [0.15, 0.2) is 11.5 Å². The van der Waals surface area contributed by atoms with Crippen LogP contribution in [0, 0.1) is 11.2 Å². The van der Waals surface area contributed by atoms with Crippen LogP contribution in [0.2, 0.25) is 0 Å². The van der Waals surface area contributed by atoms with E-state index in [1.807, 2.05) is 0 Å².